The van der Waals surface area contributed by atoms with Crippen molar-refractivity contribution in [3.05, 3.63) is 51.4 Å². The van der Waals surface area contributed by atoms with Crippen LogP contribution in [-0.2, 0) is 10.0 Å². The topological polar surface area (TPSA) is 133 Å². The lowest BCUT2D eigenvalue weighted by atomic mass is 10.1. The molecule has 0 unspecified atom stereocenters. The van der Waals surface area contributed by atoms with Crippen molar-refractivity contribution in [1.29, 1.82) is 0 Å². The van der Waals surface area contributed by atoms with Gasteiger partial charge in [-0.05, 0) is 36.3 Å². The van der Waals surface area contributed by atoms with Crippen LogP contribution in [0.1, 0.15) is 21.1 Å². The van der Waals surface area contributed by atoms with Gasteiger partial charge >= 0.3 is 6.03 Å². The number of sulfonamides is 1. The molecule has 2 aliphatic rings. The number of benzene rings is 1. The predicted octanol–water partition coefficient (Wildman–Crippen LogP) is 2.59. The molecule has 0 saturated carbocycles. The van der Waals surface area contributed by atoms with E-state index in [0.717, 1.165) is 15.8 Å². The summed E-state index contributed by atoms with van der Waals surface area (Å²) in [7, 11) is -3.73. The number of amides is 3. The predicted molar refractivity (Wildman–Crippen MR) is 134 cm³/mol. The highest BCUT2D eigenvalue weighted by atomic mass is 35.5. The number of aromatic amines is 1. The van der Waals surface area contributed by atoms with Gasteiger partial charge in [0.2, 0.25) is 0 Å². The second-order valence-electron chi connectivity index (χ2n) is 8.35. The third-order valence-electron chi connectivity index (χ3n) is 6.23. The van der Waals surface area contributed by atoms with Gasteiger partial charge in [0.1, 0.15) is 5.03 Å². The first-order valence-electron chi connectivity index (χ1n) is 11.0. The Bertz CT molecular complexity index is 1440. The number of primary amides is 1. The van der Waals surface area contributed by atoms with Crippen molar-refractivity contribution in [3.63, 3.8) is 0 Å². The molecule has 4 heterocycles. The van der Waals surface area contributed by atoms with Crippen molar-refractivity contribution < 1.29 is 18.0 Å². The summed E-state index contributed by atoms with van der Waals surface area (Å²) in [6.45, 7) is 1.89. The van der Waals surface area contributed by atoms with Gasteiger partial charge in [0, 0.05) is 61.4 Å². The Morgan fingerprint density at radius 3 is 2.54 bits per heavy atom. The standard InChI is InChI=1S/C22H23ClN6O4S2/c23-16-1-2-17-15(11-16)12-19(26-17)35(32,33)29-9-7-27(8-10-29)21(30)20-25-13-18(34-20)14-3-5-28(6-4-14)22(24)31/h1-3,11-13,26H,4-10H2,(H2,24,31). The molecule has 1 aromatic carbocycles. The Labute approximate surface area is 211 Å². The number of H-pyrrole nitrogens is 1. The SMILES string of the molecule is NC(=O)N1CC=C(c2cnc(C(=O)N3CCN(S(=O)(=O)c4cc5cc(Cl)ccc5[nH]4)CC3)s2)CC1. The molecular formula is C22H23ClN6O4S2. The van der Waals surface area contributed by atoms with E-state index in [-0.39, 0.29) is 37.1 Å². The van der Waals surface area contributed by atoms with E-state index in [0.29, 0.717) is 35.1 Å². The molecule has 0 atom stereocenters. The summed E-state index contributed by atoms with van der Waals surface area (Å²) in [6.07, 6.45) is 4.25. The Morgan fingerprint density at radius 1 is 1.09 bits per heavy atom. The lowest BCUT2D eigenvalue weighted by Gasteiger charge is -2.33. The summed E-state index contributed by atoms with van der Waals surface area (Å²) in [5.41, 5.74) is 7.05. The molecule has 1 fully saturated rings. The molecule has 0 radical (unpaired) electrons. The lowest BCUT2D eigenvalue weighted by Crippen LogP contribution is -2.50. The minimum absolute atomic E-state index is 0.106. The van der Waals surface area contributed by atoms with Crippen LogP contribution in [0.5, 0.6) is 0 Å². The second-order valence-corrected chi connectivity index (χ2v) is 11.7. The molecule has 13 heteroatoms. The van der Waals surface area contributed by atoms with Crippen LogP contribution in [0, 0.1) is 0 Å². The number of nitrogens with zero attached hydrogens (tertiary/aromatic N) is 4. The van der Waals surface area contributed by atoms with E-state index in [2.05, 4.69) is 9.97 Å². The highest BCUT2D eigenvalue weighted by Crippen LogP contribution is 2.29. The zero-order chi connectivity index (χ0) is 24.7. The minimum atomic E-state index is -3.73. The van der Waals surface area contributed by atoms with Gasteiger partial charge in [-0.2, -0.15) is 4.31 Å². The van der Waals surface area contributed by atoms with Gasteiger partial charge in [0.05, 0.1) is 4.88 Å². The zero-order valence-corrected chi connectivity index (χ0v) is 21.0. The summed E-state index contributed by atoms with van der Waals surface area (Å²) in [5.74, 6) is -0.214. The number of halogens is 1. The molecule has 3 aromatic rings. The number of nitrogens with one attached hydrogen (secondary N) is 1. The zero-order valence-electron chi connectivity index (χ0n) is 18.6. The highest BCUT2D eigenvalue weighted by Gasteiger charge is 2.32. The van der Waals surface area contributed by atoms with Crippen LogP contribution in [0.3, 0.4) is 0 Å². The van der Waals surface area contributed by atoms with Crippen molar-refractivity contribution in [1.82, 2.24) is 24.1 Å². The Hall–Kier alpha value is -2.93. The first-order valence-corrected chi connectivity index (χ1v) is 13.6. The van der Waals surface area contributed by atoms with E-state index in [9.17, 15) is 18.0 Å². The molecule has 0 aliphatic carbocycles. The summed E-state index contributed by atoms with van der Waals surface area (Å²) in [4.78, 5) is 35.6. The fourth-order valence-corrected chi connectivity index (χ4v) is 6.81. The maximum Gasteiger partial charge on any atom is 0.315 e. The van der Waals surface area contributed by atoms with E-state index in [4.69, 9.17) is 17.3 Å². The van der Waals surface area contributed by atoms with Crippen LogP contribution in [-0.4, -0.2) is 83.7 Å². The maximum absolute atomic E-state index is 13.1. The quantitative estimate of drug-likeness (QED) is 0.531. The molecule has 184 valence electrons. The number of thiazole rings is 1. The number of urea groups is 1. The van der Waals surface area contributed by atoms with Gasteiger partial charge in [-0.25, -0.2) is 18.2 Å². The molecule has 0 bridgehead atoms. The van der Waals surface area contributed by atoms with Crippen LogP contribution >= 0.6 is 22.9 Å². The summed E-state index contributed by atoms with van der Waals surface area (Å²) >= 11 is 7.32. The number of rotatable bonds is 4. The van der Waals surface area contributed by atoms with E-state index in [1.165, 1.54) is 15.6 Å². The van der Waals surface area contributed by atoms with Gasteiger partial charge in [0.15, 0.2) is 5.01 Å². The first-order chi connectivity index (χ1) is 16.7. The molecule has 10 nitrogen and oxygen atoms in total. The van der Waals surface area contributed by atoms with Crippen LogP contribution in [0.4, 0.5) is 4.79 Å². The van der Waals surface area contributed by atoms with Crippen molar-refractivity contribution in [2.45, 2.75) is 11.4 Å². The van der Waals surface area contributed by atoms with Gasteiger partial charge in [-0.3, -0.25) is 4.79 Å². The van der Waals surface area contributed by atoms with Crippen molar-refractivity contribution in [2.24, 2.45) is 5.73 Å². The highest BCUT2D eigenvalue weighted by molar-refractivity contribution is 7.89. The van der Waals surface area contributed by atoms with Gasteiger partial charge in [-0.15, -0.1) is 11.3 Å². The van der Waals surface area contributed by atoms with Crippen LogP contribution in [0.15, 0.2) is 41.6 Å². The van der Waals surface area contributed by atoms with Crippen molar-refractivity contribution >= 4 is 61.4 Å². The largest absolute Gasteiger partial charge is 0.351 e. The molecule has 3 amide bonds. The van der Waals surface area contributed by atoms with Crippen molar-refractivity contribution in [3.8, 4) is 0 Å². The van der Waals surface area contributed by atoms with Gasteiger partial charge in [-0.1, -0.05) is 17.7 Å². The van der Waals surface area contributed by atoms with E-state index in [1.807, 2.05) is 6.08 Å². The summed E-state index contributed by atoms with van der Waals surface area (Å²) in [5, 5.41) is 1.72. The summed E-state index contributed by atoms with van der Waals surface area (Å²) < 4.78 is 27.7. The number of piperazine rings is 1. The molecule has 2 aliphatic heterocycles. The smallest absolute Gasteiger partial charge is 0.315 e. The first kappa shape index (κ1) is 23.8. The Kier molecular flexibility index (Phi) is 6.30. The number of aromatic nitrogens is 2. The van der Waals surface area contributed by atoms with Crippen LogP contribution < -0.4 is 5.73 Å². The van der Waals surface area contributed by atoms with Crippen molar-refractivity contribution in [2.75, 3.05) is 39.3 Å². The second kappa shape index (κ2) is 9.26. The maximum atomic E-state index is 13.1. The number of nitrogens with two attached hydrogens (primary N) is 1. The summed E-state index contributed by atoms with van der Waals surface area (Å²) in [6, 6.07) is 6.28. The average molecular weight is 535 g/mol. The number of carbonyl (C=O) groups excluding carboxylic acids is 2. The molecule has 5 rings (SSSR count). The molecule has 1 saturated heterocycles. The van der Waals surface area contributed by atoms with Crippen LogP contribution in [0.25, 0.3) is 16.5 Å². The monoisotopic (exact) mass is 534 g/mol. The molecule has 3 N–H and O–H groups in total. The van der Waals surface area contributed by atoms with E-state index < -0.39 is 16.1 Å². The molecule has 0 spiro atoms. The Morgan fingerprint density at radius 2 is 1.86 bits per heavy atom. The van der Waals surface area contributed by atoms with E-state index in [1.54, 1.807) is 40.3 Å². The lowest BCUT2D eigenvalue weighted by molar-refractivity contribution is 0.0697. The van der Waals surface area contributed by atoms with Crippen LogP contribution in [0.2, 0.25) is 5.02 Å². The number of hydrogen-bond acceptors (Lipinski definition) is 6. The third-order valence-corrected chi connectivity index (χ3v) is 9.34. The molecule has 35 heavy (non-hydrogen) atoms. The normalized spacial score (nSPS) is 17.6. The molecule has 2 aromatic heterocycles. The fourth-order valence-electron chi connectivity index (χ4n) is 4.24. The number of hydrogen-bond donors (Lipinski definition) is 2. The van der Waals surface area contributed by atoms with Gasteiger partial charge in [0.25, 0.3) is 15.9 Å². The average Bonchev–Trinajstić information content (AvgIpc) is 3.51. The fraction of sp³-hybridized carbons (Fsp3) is 0.318. The van der Waals surface area contributed by atoms with E-state index >= 15 is 0 Å². The number of fused-ring (bicyclic) bond motifs is 1. The molecular weight excluding hydrogens is 512 g/mol. The minimum Gasteiger partial charge on any atom is -0.351 e. The Balaban J connectivity index is 1.23. The van der Waals surface area contributed by atoms with Gasteiger partial charge < -0.3 is 20.5 Å². The third kappa shape index (κ3) is 4.66. The number of carbonyl (C=O) groups is 2.